The molecule has 63 heavy (non-hydrogen) atoms. The van der Waals surface area contributed by atoms with E-state index in [1.165, 1.54) is 21.1 Å². The van der Waals surface area contributed by atoms with Crippen molar-refractivity contribution in [2.75, 3.05) is 25.6 Å². The standard InChI is InChI=1S/C46H60N7O8PS/c1-9-29-24-46(29,62(58,60-10-2)26-30-15-13-14-20-47-30)51-41(54)38-22-33(25-52(38)42(55)40(45(5,6)7)53(44(56)57)31-16-11-12-17-31)61-39-23-36(37-27-63-43(50-37)48-28(3)4)49-35-21-32(59-8)18-19-34(35)39/h9,13-15,18-21,23,27-29,31,33,38,40H,1,10-12,16-17,22,24-26H2,2-8H3,(H,48,50)(H,51,54)(H,56,57)/t29-,33-,38+,40-,46+,62+/m1/s1. The minimum Gasteiger partial charge on any atom is -0.497 e. The van der Waals surface area contributed by atoms with Crippen LogP contribution in [0.2, 0.25) is 0 Å². The lowest BCUT2D eigenvalue weighted by atomic mass is 9.83. The van der Waals surface area contributed by atoms with Crippen LogP contribution in [0.25, 0.3) is 22.3 Å². The first kappa shape index (κ1) is 46.0. The minimum atomic E-state index is -3.69. The zero-order valence-electron chi connectivity index (χ0n) is 37.2. The number of thiazole rings is 1. The third-order valence-electron chi connectivity index (χ3n) is 12.2. The highest BCUT2D eigenvalue weighted by Crippen LogP contribution is 2.73. The quantitative estimate of drug-likeness (QED) is 0.0677. The molecule has 3 aliphatic rings. The van der Waals surface area contributed by atoms with Gasteiger partial charge in [-0.2, -0.15) is 0 Å². The van der Waals surface area contributed by atoms with Crippen molar-refractivity contribution < 1.29 is 38.1 Å². The van der Waals surface area contributed by atoms with Crippen LogP contribution in [0.4, 0.5) is 9.93 Å². The molecular formula is C46H60N7O8PS. The molecule has 0 spiro atoms. The maximum absolute atomic E-state index is 15.3. The van der Waals surface area contributed by atoms with Crippen LogP contribution in [-0.4, -0.2) is 104 Å². The largest absolute Gasteiger partial charge is 0.497 e. The number of methoxy groups -OCH3 is 1. The Morgan fingerprint density at radius 1 is 1.13 bits per heavy atom. The van der Waals surface area contributed by atoms with Gasteiger partial charge in [-0.3, -0.25) is 24.0 Å². The summed E-state index contributed by atoms with van der Waals surface area (Å²) in [5, 5.41) is 19.3. The summed E-state index contributed by atoms with van der Waals surface area (Å²) in [5.41, 5.74) is 1.52. The van der Waals surface area contributed by atoms with Crippen molar-refractivity contribution in [1.82, 2.24) is 30.1 Å². The molecule has 338 valence electrons. The van der Waals surface area contributed by atoms with E-state index >= 15 is 14.2 Å². The molecule has 3 fully saturated rings. The lowest BCUT2D eigenvalue weighted by molar-refractivity contribution is -0.146. The van der Waals surface area contributed by atoms with Gasteiger partial charge in [-0.05, 0) is 69.7 Å². The van der Waals surface area contributed by atoms with E-state index in [1.54, 1.807) is 38.4 Å². The number of hydrogen-bond donors (Lipinski definition) is 3. The molecule has 0 bridgehead atoms. The van der Waals surface area contributed by atoms with Crippen LogP contribution in [0.1, 0.15) is 85.8 Å². The molecule has 0 unspecified atom stereocenters. The number of fused-ring (bicyclic) bond motifs is 1. The van der Waals surface area contributed by atoms with E-state index in [0.29, 0.717) is 58.7 Å². The van der Waals surface area contributed by atoms with Crippen molar-refractivity contribution in [3.8, 4) is 22.9 Å². The second kappa shape index (κ2) is 18.6. The Kier molecular flexibility index (Phi) is 13.6. The molecule has 1 aliphatic heterocycles. The summed E-state index contributed by atoms with van der Waals surface area (Å²) in [7, 11) is -2.11. The summed E-state index contributed by atoms with van der Waals surface area (Å²) in [6.07, 6.45) is 4.79. The molecule has 17 heteroatoms. The Balaban J connectivity index is 1.28. The van der Waals surface area contributed by atoms with Crippen molar-refractivity contribution >= 4 is 52.6 Å². The molecule has 4 aromatic rings. The summed E-state index contributed by atoms with van der Waals surface area (Å²) in [6.45, 7) is 15.5. The average Bonchev–Trinajstić information content (AvgIpc) is 3.66. The first-order valence-electron chi connectivity index (χ1n) is 21.8. The van der Waals surface area contributed by atoms with E-state index in [0.717, 1.165) is 18.0 Å². The van der Waals surface area contributed by atoms with Gasteiger partial charge >= 0.3 is 6.09 Å². The van der Waals surface area contributed by atoms with Crippen molar-refractivity contribution in [3.05, 3.63) is 72.4 Å². The summed E-state index contributed by atoms with van der Waals surface area (Å²) in [5.74, 6) is -0.326. The van der Waals surface area contributed by atoms with Crippen LogP contribution in [0.5, 0.6) is 11.5 Å². The Labute approximate surface area is 373 Å². The Morgan fingerprint density at radius 3 is 2.51 bits per heavy atom. The molecule has 3 aromatic heterocycles. The summed E-state index contributed by atoms with van der Waals surface area (Å²) >= 11 is 1.46. The number of carboxylic acid groups (broad SMARTS) is 1. The highest BCUT2D eigenvalue weighted by molar-refractivity contribution is 7.60. The van der Waals surface area contributed by atoms with Gasteiger partial charge in [0.25, 0.3) is 0 Å². The second-order valence-electron chi connectivity index (χ2n) is 18.1. The van der Waals surface area contributed by atoms with Crippen LogP contribution < -0.4 is 20.1 Å². The molecule has 2 aliphatic carbocycles. The van der Waals surface area contributed by atoms with E-state index in [9.17, 15) is 9.90 Å². The molecule has 2 saturated carbocycles. The Bertz CT molecular complexity index is 2370. The number of anilines is 1. The molecule has 7 rings (SSSR count). The zero-order chi connectivity index (χ0) is 45.3. The van der Waals surface area contributed by atoms with Crippen LogP contribution in [0.15, 0.2) is 66.7 Å². The van der Waals surface area contributed by atoms with Gasteiger partial charge in [0.05, 0.1) is 43.3 Å². The molecule has 1 aromatic carbocycles. The van der Waals surface area contributed by atoms with Crippen LogP contribution in [0, 0.1) is 11.3 Å². The molecular weight excluding hydrogens is 842 g/mol. The number of carbonyl (C=O) groups excluding carboxylic acids is 2. The minimum absolute atomic E-state index is 0.0113. The average molecular weight is 902 g/mol. The number of hydrogen-bond acceptors (Lipinski definition) is 12. The fourth-order valence-corrected chi connectivity index (χ4v) is 13.1. The Hall–Kier alpha value is -5.05. The second-order valence-corrected chi connectivity index (χ2v) is 21.7. The molecule has 3 amide bonds. The number of ether oxygens (including phenoxy) is 2. The summed E-state index contributed by atoms with van der Waals surface area (Å²) < 4.78 is 33.6. The third-order valence-corrected chi connectivity index (χ3v) is 16.3. The SMILES string of the molecule is C=C[C@@H]1C[C@]1(NC(=O)[C@@H]1C[C@@H](Oc2cc(-c3csc(NC(C)C)n3)nc3cc(OC)ccc23)CN1C(=O)[C@@H](N(C(=O)O)C1CCCC1)C(C)(C)C)[P@](=O)(Cc1ccccn1)OCC. The number of nitrogens with one attached hydrogen (secondary N) is 2. The van der Waals surface area contributed by atoms with Gasteiger partial charge in [0.15, 0.2) is 5.13 Å². The lowest BCUT2D eigenvalue weighted by Gasteiger charge is -2.43. The van der Waals surface area contributed by atoms with E-state index in [4.69, 9.17) is 24.0 Å². The highest BCUT2D eigenvalue weighted by Gasteiger charge is 2.67. The molecule has 6 atom stereocenters. The number of amides is 3. The van der Waals surface area contributed by atoms with Gasteiger partial charge in [-0.15, -0.1) is 17.9 Å². The van der Waals surface area contributed by atoms with Gasteiger partial charge in [-0.1, -0.05) is 45.8 Å². The fraction of sp³-hybridized carbons (Fsp3) is 0.522. The molecule has 4 heterocycles. The van der Waals surface area contributed by atoms with Gasteiger partial charge in [0, 0.05) is 53.5 Å². The van der Waals surface area contributed by atoms with Crippen molar-refractivity contribution in [3.63, 3.8) is 0 Å². The normalized spacial score (nSPS) is 22.7. The predicted octanol–water partition coefficient (Wildman–Crippen LogP) is 8.80. The predicted molar refractivity (Wildman–Crippen MR) is 244 cm³/mol. The fourth-order valence-electron chi connectivity index (χ4n) is 9.20. The number of benzene rings is 1. The van der Waals surface area contributed by atoms with E-state index < -0.39 is 54.2 Å². The van der Waals surface area contributed by atoms with Gasteiger partial charge in [0.2, 0.25) is 19.2 Å². The van der Waals surface area contributed by atoms with Crippen molar-refractivity contribution in [1.29, 1.82) is 0 Å². The monoisotopic (exact) mass is 901 g/mol. The number of likely N-dealkylation sites (tertiary alicyclic amines) is 1. The summed E-state index contributed by atoms with van der Waals surface area (Å²) in [6, 6.07) is 10.3. The van der Waals surface area contributed by atoms with Crippen molar-refractivity contribution in [2.45, 2.75) is 122 Å². The van der Waals surface area contributed by atoms with E-state index in [1.807, 2.05) is 70.3 Å². The smallest absolute Gasteiger partial charge is 0.408 e. The molecule has 0 radical (unpaired) electrons. The number of rotatable bonds is 17. The number of nitrogens with zero attached hydrogens (tertiary/aromatic N) is 5. The van der Waals surface area contributed by atoms with Crippen LogP contribution in [0.3, 0.4) is 0 Å². The van der Waals surface area contributed by atoms with Gasteiger partial charge in [-0.25, -0.2) is 14.8 Å². The lowest BCUT2D eigenvalue weighted by Crippen LogP contribution is -2.61. The van der Waals surface area contributed by atoms with Gasteiger partial charge < -0.3 is 34.6 Å². The number of aromatic nitrogens is 3. The molecule has 3 N–H and O–H groups in total. The molecule has 1 saturated heterocycles. The van der Waals surface area contributed by atoms with Crippen LogP contribution >= 0.6 is 18.7 Å². The third kappa shape index (κ3) is 9.58. The maximum Gasteiger partial charge on any atom is 0.408 e. The zero-order valence-corrected chi connectivity index (χ0v) is 38.9. The Morgan fingerprint density at radius 2 is 1.89 bits per heavy atom. The number of pyridine rings is 2. The maximum atomic E-state index is 15.3. The highest BCUT2D eigenvalue weighted by atomic mass is 32.1. The van der Waals surface area contributed by atoms with Crippen LogP contribution in [-0.2, 0) is 24.8 Å². The molecule has 15 nitrogen and oxygen atoms in total. The number of carbonyl (C=O) groups is 3. The van der Waals surface area contributed by atoms with E-state index in [2.05, 4.69) is 22.2 Å². The van der Waals surface area contributed by atoms with Crippen molar-refractivity contribution in [2.24, 2.45) is 11.3 Å². The van der Waals surface area contributed by atoms with Gasteiger partial charge in [0.1, 0.15) is 40.7 Å². The van der Waals surface area contributed by atoms with E-state index in [-0.39, 0.29) is 43.7 Å². The summed E-state index contributed by atoms with van der Waals surface area (Å²) in [4.78, 5) is 60.4. The first-order chi connectivity index (χ1) is 30.0. The topological polar surface area (TPSA) is 185 Å². The first-order valence-corrected chi connectivity index (χ1v) is 24.5.